The molecule has 5 aromatic rings. The highest BCUT2D eigenvalue weighted by atomic mass is 32.1. The van der Waals surface area contributed by atoms with E-state index < -0.39 is 12.0 Å². The van der Waals surface area contributed by atoms with Gasteiger partial charge in [0.1, 0.15) is 30.5 Å². The molecule has 0 spiro atoms. The average molecular weight is 645 g/mol. The number of nitrogens with zero attached hydrogens (tertiary/aromatic N) is 2. The number of carbonyl (C=O) groups is 1. The largest absolute Gasteiger partial charge is 0.490 e. The molecule has 8 heteroatoms. The third-order valence-corrected chi connectivity index (χ3v) is 8.83. The predicted octanol–water partition coefficient (Wildman–Crippen LogP) is 6.60. The van der Waals surface area contributed by atoms with Gasteiger partial charge in [0.2, 0.25) is 0 Å². The van der Waals surface area contributed by atoms with Gasteiger partial charge in [-0.3, -0.25) is 9.36 Å². The van der Waals surface area contributed by atoms with Crippen LogP contribution in [0.25, 0.3) is 6.08 Å². The summed E-state index contributed by atoms with van der Waals surface area (Å²) in [5.74, 6) is 1.29. The topological polar surface area (TPSA) is 79.1 Å². The lowest BCUT2D eigenvalue weighted by atomic mass is 9.87. The fourth-order valence-corrected chi connectivity index (χ4v) is 6.46. The third kappa shape index (κ3) is 7.13. The third-order valence-electron chi connectivity index (χ3n) is 7.85. The Bertz CT molecular complexity index is 2090. The molecule has 0 N–H and O–H groups in total. The van der Waals surface area contributed by atoms with Crippen LogP contribution in [0.15, 0.2) is 130 Å². The van der Waals surface area contributed by atoms with Crippen molar-refractivity contribution in [2.24, 2.45) is 4.99 Å². The van der Waals surface area contributed by atoms with Gasteiger partial charge in [0.15, 0.2) is 4.80 Å². The lowest BCUT2D eigenvalue weighted by molar-refractivity contribution is -0.130. The van der Waals surface area contributed by atoms with Crippen molar-refractivity contribution in [3.05, 3.63) is 157 Å². The van der Waals surface area contributed by atoms with Gasteiger partial charge in [-0.1, -0.05) is 111 Å². The van der Waals surface area contributed by atoms with Crippen LogP contribution in [0, 0.1) is 0 Å². The van der Waals surface area contributed by atoms with Crippen molar-refractivity contribution < 1.29 is 19.0 Å². The first-order valence-electron chi connectivity index (χ1n) is 15.5. The van der Waals surface area contributed by atoms with Crippen molar-refractivity contribution in [3.63, 3.8) is 0 Å². The molecule has 0 unspecified atom stereocenters. The molecular formula is C39H36N2O5S. The number of benzene rings is 4. The van der Waals surface area contributed by atoms with E-state index in [-0.39, 0.29) is 11.0 Å². The fraction of sp³-hybridized carbons (Fsp3) is 0.205. The number of rotatable bonds is 9. The zero-order valence-electron chi connectivity index (χ0n) is 26.8. The number of fused-ring (bicyclic) bond motifs is 1. The van der Waals surface area contributed by atoms with E-state index in [2.05, 4.69) is 32.9 Å². The maximum absolute atomic E-state index is 14.1. The first-order chi connectivity index (χ1) is 22.7. The van der Waals surface area contributed by atoms with Gasteiger partial charge in [0, 0.05) is 5.56 Å². The van der Waals surface area contributed by atoms with Crippen LogP contribution in [0.3, 0.4) is 0 Å². The molecule has 0 aliphatic carbocycles. The van der Waals surface area contributed by atoms with E-state index >= 15 is 0 Å². The standard InChI is InChI=1S/C39H36N2O5S/c1-26-34(37(43)46-31-16-9-6-10-17-31)35(27-13-7-5-8-14-27)41-36(42)33(47-38(41)40-26)25-28-15-11-12-18-32(28)45-24-23-44-30-21-19-29(20-22-30)39(2,3)4/h5-22,25,35H,23-24H2,1-4H3/b33-25-/t35-/m1/s1. The van der Waals surface area contributed by atoms with Crippen molar-refractivity contribution >= 4 is 23.4 Å². The summed E-state index contributed by atoms with van der Waals surface area (Å²) in [6.07, 6.45) is 1.81. The van der Waals surface area contributed by atoms with E-state index in [0.717, 1.165) is 16.9 Å². The van der Waals surface area contributed by atoms with E-state index in [0.29, 0.717) is 45.3 Å². The molecule has 0 bridgehead atoms. The fourth-order valence-electron chi connectivity index (χ4n) is 5.42. The van der Waals surface area contributed by atoms with E-state index in [1.54, 1.807) is 35.8 Å². The van der Waals surface area contributed by atoms with Crippen LogP contribution in [-0.2, 0) is 10.2 Å². The second-order valence-electron chi connectivity index (χ2n) is 12.2. The van der Waals surface area contributed by atoms with Gasteiger partial charge in [-0.15, -0.1) is 0 Å². The molecule has 1 aromatic heterocycles. The number of ether oxygens (including phenoxy) is 3. The van der Waals surface area contributed by atoms with Crippen molar-refractivity contribution in [3.8, 4) is 17.2 Å². The molecular weight excluding hydrogens is 609 g/mol. The molecule has 7 nitrogen and oxygen atoms in total. The summed E-state index contributed by atoms with van der Waals surface area (Å²) in [6.45, 7) is 9.01. The Kier molecular flexibility index (Phi) is 9.22. The summed E-state index contributed by atoms with van der Waals surface area (Å²) >= 11 is 1.28. The second-order valence-corrected chi connectivity index (χ2v) is 13.2. The summed E-state index contributed by atoms with van der Waals surface area (Å²) < 4.78 is 19.8. The van der Waals surface area contributed by atoms with E-state index in [1.165, 1.54) is 16.9 Å². The molecule has 1 aliphatic heterocycles. The van der Waals surface area contributed by atoms with Gasteiger partial charge >= 0.3 is 5.97 Å². The first kappa shape index (κ1) is 31.8. The Morgan fingerprint density at radius 2 is 1.47 bits per heavy atom. The summed E-state index contributed by atoms with van der Waals surface area (Å²) in [5, 5.41) is 0. The maximum Gasteiger partial charge on any atom is 0.343 e. The van der Waals surface area contributed by atoms with Gasteiger partial charge in [0.05, 0.1) is 21.8 Å². The van der Waals surface area contributed by atoms with Gasteiger partial charge < -0.3 is 14.2 Å². The molecule has 0 amide bonds. The number of allylic oxidation sites excluding steroid dienone is 1. The van der Waals surface area contributed by atoms with Crippen LogP contribution in [0.4, 0.5) is 0 Å². The molecule has 1 atom stereocenters. The molecule has 0 saturated carbocycles. The van der Waals surface area contributed by atoms with Gasteiger partial charge in [-0.25, -0.2) is 9.79 Å². The van der Waals surface area contributed by atoms with Crippen LogP contribution in [0.1, 0.15) is 50.4 Å². The summed E-state index contributed by atoms with van der Waals surface area (Å²) in [7, 11) is 0. The number of thiazole rings is 1. The number of para-hydroxylation sites is 2. The average Bonchev–Trinajstić information content (AvgIpc) is 3.37. The van der Waals surface area contributed by atoms with Crippen LogP contribution in [0.5, 0.6) is 17.2 Å². The summed E-state index contributed by atoms with van der Waals surface area (Å²) in [5.41, 5.74) is 3.43. The van der Waals surface area contributed by atoms with E-state index in [1.807, 2.05) is 78.9 Å². The minimum absolute atomic E-state index is 0.0779. The van der Waals surface area contributed by atoms with Crippen molar-refractivity contribution in [1.29, 1.82) is 0 Å². The lowest BCUT2D eigenvalue weighted by Gasteiger charge is -2.24. The number of esters is 1. The molecule has 6 rings (SSSR count). The zero-order chi connectivity index (χ0) is 33.0. The summed E-state index contributed by atoms with van der Waals surface area (Å²) in [4.78, 5) is 32.9. The molecule has 0 fully saturated rings. The van der Waals surface area contributed by atoms with Crippen LogP contribution < -0.4 is 29.1 Å². The van der Waals surface area contributed by atoms with Crippen LogP contribution >= 0.6 is 11.3 Å². The van der Waals surface area contributed by atoms with Crippen molar-refractivity contribution in [1.82, 2.24) is 4.57 Å². The van der Waals surface area contributed by atoms with Crippen molar-refractivity contribution in [2.45, 2.75) is 39.2 Å². The Labute approximate surface area is 277 Å². The predicted molar refractivity (Wildman–Crippen MR) is 185 cm³/mol. The SMILES string of the molecule is CC1=C(C(=O)Oc2ccccc2)[C@@H](c2ccccc2)n2c(s/c(=C\c3ccccc3OCCOc3ccc(C(C)(C)C)cc3)c2=O)=N1. The maximum atomic E-state index is 14.1. The molecule has 47 heavy (non-hydrogen) atoms. The number of hydrogen-bond acceptors (Lipinski definition) is 7. The number of aromatic nitrogens is 1. The zero-order valence-corrected chi connectivity index (χ0v) is 27.6. The molecule has 2 heterocycles. The van der Waals surface area contributed by atoms with Crippen LogP contribution in [-0.4, -0.2) is 23.8 Å². The molecule has 0 saturated heterocycles. The highest BCUT2D eigenvalue weighted by Gasteiger charge is 2.33. The smallest absolute Gasteiger partial charge is 0.343 e. The number of carbonyl (C=O) groups excluding carboxylic acids is 1. The minimum Gasteiger partial charge on any atom is -0.490 e. The Morgan fingerprint density at radius 1 is 0.830 bits per heavy atom. The highest BCUT2D eigenvalue weighted by Crippen LogP contribution is 2.31. The van der Waals surface area contributed by atoms with E-state index in [9.17, 15) is 9.59 Å². The molecule has 238 valence electrons. The summed E-state index contributed by atoms with van der Waals surface area (Å²) in [6, 6.07) is 33.4. The molecule has 1 aliphatic rings. The normalized spacial score (nSPS) is 14.7. The van der Waals surface area contributed by atoms with E-state index in [4.69, 9.17) is 19.2 Å². The molecule has 0 radical (unpaired) electrons. The molecule has 4 aromatic carbocycles. The van der Waals surface area contributed by atoms with Gasteiger partial charge in [-0.05, 0) is 59.9 Å². The van der Waals surface area contributed by atoms with Crippen LogP contribution in [0.2, 0.25) is 0 Å². The Hall–Kier alpha value is -5.21. The Balaban J connectivity index is 1.27. The second kappa shape index (κ2) is 13.6. The Morgan fingerprint density at radius 3 is 2.17 bits per heavy atom. The minimum atomic E-state index is -0.702. The van der Waals surface area contributed by atoms with Crippen molar-refractivity contribution in [2.75, 3.05) is 13.2 Å². The first-order valence-corrected chi connectivity index (χ1v) is 16.3. The van der Waals surface area contributed by atoms with Gasteiger partial charge in [-0.2, -0.15) is 0 Å². The quantitative estimate of drug-likeness (QED) is 0.103. The monoisotopic (exact) mass is 644 g/mol. The van der Waals surface area contributed by atoms with Gasteiger partial charge in [0.25, 0.3) is 5.56 Å². The highest BCUT2D eigenvalue weighted by molar-refractivity contribution is 7.07. The number of hydrogen-bond donors (Lipinski definition) is 0. The lowest BCUT2D eigenvalue weighted by Crippen LogP contribution is -2.40.